The highest BCUT2D eigenvalue weighted by Gasteiger charge is 2.17. The first kappa shape index (κ1) is 11.5. The van der Waals surface area contributed by atoms with Crippen LogP contribution >= 0.6 is 0 Å². The summed E-state index contributed by atoms with van der Waals surface area (Å²) >= 11 is 0. The van der Waals surface area contributed by atoms with Crippen LogP contribution in [0.5, 0.6) is 0 Å². The van der Waals surface area contributed by atoms with Gasteiger partial charge >= 0.3 is 0 Å². The molecular formula is C10H20N2O2. The van der Waals surface area contributed by atoms with Crippen molar-refractivity contribution >= 4 is 5.91 Å². The summed E-state index contributed by atoms with van der Waals surface area (Å²) in [5.41, 5.74) is 0. The van der Waals surface area contributed by atoms with Crippen LogP contribution < -0.4 is 10.6 Å². The summed E-state index contributed by atoms with van der Waals surface area (Å²) in [5.74, 6) is 0.442. The second kappa shape index (κ2) is 5.98. The third-order valence-corrected chi connectivity index (χ3v) is 2.41. The summed E-state index contributed by atoms with van der Waals surface area (Å²) < 4.78 is 4.98. The molecule has 0 radical (unpaired) electrons. The van der Waals surface area contributed by atoms with E-state index in [2.05, 4.69) is 10.6 Å². The monoisotopic (exact) mass is 200 g/mol. The van der Waals surface area contributed by atoms with Gasteiger partial charge in [0.2, 0.25) is 5.91 Å². The molecule has 0 bridgehead atoms. The number of amides is 1. The van der Waals surface area contributed by atoms with E-state index >= 15 is 0 Å². The zero-order chi connectivity index (χ0) is 10.4. The third-order valence-electron chi connectivity index (χ3n) is 2.41. The van der Waals surface area contributed by atoms with Crippen LogP contribution in [-0.2, 0) is 9.53 Å². The quantitative estimate of drug-likeness (QED) is 0.663. The van der Waals surface area contributed by atoms with Gasteiger partial charge in [0.15, 0.2) is 0 Å². The average Bonchev–Trinajstić information content (AvgIpc) is 2.56. The largest absolute Gasteiger partial charge is 0.384 e. The second-order valence-electron chi connectivity index (χ2n) is 4.02. The van der Waals surface area contributed by atoms with Gasteiger partial charge in [-0.2, -0.15) is 0 Å². The first-order valence-corrected chi connectivity index (χ1v) is 5.21. The van der Waals surface area contributed by atoms with Crippen molar-refractivity contribution in [1.29, 1.82) is 0 Å². The molecular weight excluding hydrogens is 180 g/mol. The lowest BCUT2D eigenvalue weighted by molar-refractivity contribution is -0.122. The van der Waals surface area contributed by atoms with Gasteiger partial charge in [-0.1, -0.05) is 6.92 Å². The van der Waals surface area contributed by atoms with Crippen molar-refractivity contribution in [3.63, 3.8) is 0 Å². The molecule has 1 aliphatic rings. The average molecular weight is 200 g/mol. The van der Waals surface area contributed by atoms with Crippen LogP contribution in [0.1, 0.15) is 19.8 Å². The van der Waals surface area contributed by atoms with Crippen LogP contribution in [0.3, 0.4) is 0 Å². The van der Waals surface area contributed by atoms with E-state index in [0.717, 1.165) is 19.5 Å². The van der Waals surface area contributed by atoms with Crippen molar-refractivity contribution in [3.05, 3.63) is 0 Å². The maximum atomic E-state index is 11.5. The normalized spacial score (nSPS) is 23.4. The van der Waals surface area contributed by atoms with Crippen molar-refractivity contribution in [2.75, 3.05) is 26.8 Å². The Morgan fingerprint density at radius 2 is 2.50 bits per heavy atom. The molecule has 1 aliphatic heterocycles. The molecule has 1 unspecified atom stereocenters. The SMILES string of the molecule is COCC(C)CC(=O)N[C@H]1CCNC1. The zero-order valence-corrected chi connectivity index (χ0v) is 9.01. The van der Waals surface area contributed by atoms with E-state index in [-0.39, 0.29) is 5.91 Å². The van der Waals surface area contributed by atoms with E-state index < -0.39 is 0 Å². The standard InChI is InChI=1S/C10H20N2O2/c1-8(7-14-2)5-10(13)12-9-3-4-11-6-9/h8-9,11H,3-7H2,1-2H3,(H,12,13)/t8?,9-/m0/s1. The molecule has 1 heterocycles. The van der Waals surface area contributed by atoms with Crippen LogP contribution in [0.15, 0.2) is 0 Å². The van der Waals surface area contributed by atoms with Crippen LogP contribution in [0.2, 0.25) is 0 Å². The molecule has 4 nitrogen and oxygen atoms in total. The minimum atomic E-state index is 0.142. The van der Waals surface area contributed by atoms with Crippen LogP contribution in [0, 0.1) is 5.92 Å². The van der Waals surface area contributed by atoms with Crippen molar-refractivity contribution in [1.82, 2.24) is 10.6 Å². The molecule has 82 valence electrons. The molecule has 14 heavy (non-hydrogen) atoms. The van der Waals surface area contributed by atoms with Crippen molar-refractivity contribution < 1.29 is 9.53 Å². The Balaban J connectivity index is 2.14. The summed E-state index contributed by atoms with van der Waals surface area (Å²) in [4.78, 5) is 11.5. The van der Waals surface area contributed by atoms with Gasteiger partial charge in [-0.05, 0) is 18.9 Å². The van der Waals surface area contributed by atoms with Gasteiger partial charge in [-0.15, -0.1) is 0 Å². The summed E-state index contributed by atoms with van der Waals surface area (Å²) in [6.45, 7) is 4.59. The van der Waals surface area contributed by atoms with Crippen LogP contribution in [0.4, 0.5) is 0 Å². The maximum Gasteiger partial charge on any atom is 0.220 e. The molecule has 2 N–H and O–H groups in total. The molecule has 2 atom stereocenters. The van der Waals surface area contributed by atoms with E-state index in [1.807, 2.05) is 6.92 Å². The number of methoxy groups -OCH3 is 1. The van der Waals surface area contributed by atoms with Gasteiger partial charge < -0.3 is 15.4 Å². The molecule has 0 spiro atoms. The summed E-state index contributed by atoms with van der Waals surface area (Å²) in [5, 5.41) is 6.23. The number of rotatable bonds is 5. The number of hydrogen-bond donors (Lipinski definition) is 2. The van der Waals surface area contributed by atoms with Gasteiger partial charge in [-0.3, -0.25) is 4.79 Å². The van der Waals surface area contributed by atoms with Crippen LogP contribution in [-0.4, -0.2) is 38.8 Å². The number of carbonyl (C=O) groups is 1. The Morgan fingerprint density at radius 3 is 3.07 bits per heavy atom. The smallest absolute Gasteiger partial charge is 0.220 e. The molecule has 0 saturated carbocycles. The van der Waals surface area contributed by atoms with Crippen molar-refractivity contribution in [3.8, 4) is 0 Å². The fourth-order valence-electron chi connectivity index (χ4n) is 1.72. The topological polar surface area (TPSA) is 50.4 Å². The Morgan fingerprint density at radius 1 is 1.71 bits per heavy atom. The van der Waals surface area contributed by atoms with Gasteiger partial charge in [-0.25, -0.2) is 0 Å². The molecule has 1 rings (SSSR count). The summed E-state index contributed by atoms with van der Waals surface area (Å²) in [6, 6.07) is 0.331. The Labute approximate surface area is 85.4 Å². The third kappa shape index (κ3) is 4.07. The number of hydrogen-bond acceptors (Lipinski definition) is 3. The molecule has 1 saturated heterocycles. The predicted molar refractivity (Wildman–Crippen MR) is 55.1 cm³/mol. The molecule has 0 aromatic rings. The maximum absolute atomic E-state index is 11.5. The Bertz CT molecular complexity index is 179. The lowest BCUT2D eigenvalue weighted by Gasteiger charge is -2.14. The van der Waals surface area contributed by atoms with Gasteiger partial charge in [0.05, 0.1) is 0 Å². The summed E-state index contributed by atoms with van der Waals surface area (Å²) in [7, 11) is 1.66. The van der Waals surface area contributed by atoms with Gasteiger partial charge in [0, 0.05) is 32.7 Å². The molecule has 0 aromatic carbocycles. The minimum absolute atomic E-state index is 0.142. The lowest BCUT2D eigenvalue weighted by Crippen LogP contribution is -2.37. The minimum Gasteiger partial charge on any atom is -0.384 e. The summed E-state index contributed by atoms with van der Waals surface area (Å²) in [6.07, 6.45) is 1.61. The van der Waals surface area contributed by atoms with E-state index in [9.17, 15) is 4.79 Å². The molecule has 1 amide bonds. The van der Waals surface area contributed by atoms with Crippen molar-refractivity contribution in [2.45, 2.75) is 25.8 Å². The fraction of sp³-hybridized carbons (Fsp3) is 0.900. The molecule has 0 aliphatic carbocycles. The highest BCUT2D eigenvalue weighted by Crippen LogP contribution is 2.03. The van der Waals surface area contributed by atoms with Crippen LogP contribution in [0.25, 0.3) is 0 Å². The first-order valence-electron chi connectivity index (χ1n) is 5.21. The second-order valence-corrected chi connectivity index (χ2v) is 4.02. The zero-order valence-electron chi connectivity index (χ0n) is 9.01. The fourth-order valence-corrected chi connectivity index (χ4v) is 1.72. The van der Waals surface area contributed by atoms with E-state index in [1.165, 1.54) is 0 Å². The predicted octanol–water partition coefficient (Wildman–Crippen LogP) is 0.137. The highest BCUT2D eigenvalue weighted by atomic mass is 16.5. The number of nitrogens with one attached hydrogen (secondary N) is 2. The Kier molecular flexibility index (Phi) is 4.90. The number of carbonyl (C=O) groups excluding carboxylic acids is 1. The van der Waals surface area contributed by atoms with E-state index in [0.29, 0.717) is 25.0 Å². The first-order chi connectivity index (χ1) is 6.72. The van der Waals surface area contributed by atoms with Gasteiger partial charge in [0.1, 0.15) is 0 Å². The van der Waals surface area contributed by atoms with E-state index in [1.54, 1.807) is 7.11 Å². The molecule has 4 heteroatoms. The van der Waals surface area contributed by atoms with Crippen molar-refractivity contribution in [2.24, 2.45) is 5.92 Å². The Hall–Kier alpha value is -0.610. The number of ether oxygens (including phenoxy) is 1. The lowest BCUT2D eigenvalue weighted by atomic mass is 10.1. The van der Waals surface area contributed by atoms with Gasteiger partial charge in [0.25, 0.3) is 0 Å². The van der Waals surface area contributed by atoms with E-state index in [4.69, 9.17) is 4.74 Å². The molecule has 0 aromatic heterocycles. The highest BCUT2D eigenvalue weighted by molar-refractivity contribution is 5.76. The molecule has 1 fully saturated rings.